The van der Waals surface area contributed by atoms with Gasteiger partial charge in [-0.2, -0.15) is 0 Å². The molecule has 2 amide bonds. The van der Waals surface area contributed by atoms with Crippen LogP contribution in [0.15, 0.2) is 18.2 Å². The molecule has 7 heteroatoms. The number of hydrogen-bond acceptors (Lipinski definition) is 5. The minimum absolute atomic E-state index is 0.0112. The molecule has 3 rings (SSSR count). The summed E-state index contributed by atoms with van der Waals surface area (Å²) in [6.45, 7) is 2.43. The highest BCUT2D eigenvalue weighted by Crippen LogP contribution is 2.32. The summed E-state index contributed by atoms with van der Waals surface area (Å²) in [5.74, 6) is 1.25. The van der Waals surface area contributed by atoms with Crippen LogP contribution in [0.25, 0.3) is 0 Å². The zero-order valence-corrected chi connectivity index (χ0v) is 15.2. The van der Waals surface area contributed by atoms with Crippen molar-refractivity contribution in [1.82, 2.24) is 10.2 Å². The Hall–Kier alpha value is -2.28. The second-order valence-electron chi connectivity index (χ2n) is 6.89. The number of fused-ring (bicyclic) bond motifs is 1. The first-order chi connectivity index (χ1) is 12.6. The lowest BCUT2D eigenvalue weighted by molar-refractivity contribution is -0.140. The van der Waals surface area contributed by atoms with Crippen molar-refractivity contribution in [2.24, 2.45) is 17.6 Å². The van der Waals surface area contributed by atoms with Gasteiger partial charge in [-0.3, -0.25) is 9.59 Å². The molecule has 0 saturated carbocycles. The van der Waals surface area contributed by atoms with E-state index in [-0.39, 0.29) is 23.7 Å². The number of nitrogens with zero attached hydrogens (tertiary/aromatic N) is 1. The summed E-state index contributed by atoms with van der Waals surface area (Å²) in [7, 11) is 1.62. The number of nitrogens with one attached hydrogen (secondary N) is 1. The maximum atomic E-state index is 13.0. The van der Waals surface area contributed by atoms with Gasteiger partial charge in [0.1, 0.15) is 18.1 Å². The van der Waals surface area contributed by atoms with Crippen molar-refractivity contribution in [2.75, 3.05) is 39.9 Å². The molecular weight excluding hydrogens is 334 g/mol. The predicted molar refractivity (Wildman–Crippen MR) is 97.1 cm³/mol. The topological polar surface area (TPSA) is 93.9 Å². The van der Waals surface area contributed by atoms with Crippen molar-refractivity contribution < 1.29 is 19.1 Å². The fourth-order valence-electron chi connectivity index (χ4n) is 3.65. The molecule has 26 heavy (non-hydrogen) atoms. The van der Waals surface area contributed by atoms with E-state index in [1.54, 1.807) is 7.11 Å². The number of piperidine rings is 1. The molecule has 2 unspecified atom stereocenters. The second kappa shape index (κ2) is 8.40. The van der Waals surface area contributed by atoms with Crippen molar-refractivity contribution >= 4 is 11.8 Å². The molecule has 1 fully saturated rings. The molecule has 1 aromatic carbocycles. The quantitative estimate of drug-likeness (QED) is 0.799. The molecule has 2 aliphatic heterocycles. The van der Waals surface area contributed by atoms with E-state index >= 15 is 0 Å². The van der Waals surface area contributed by atoms with E-state index < -0.39 is 0 Å². The van der Waals surface area contributed by atoms with Crippen LogP contribution in [0.3, 0.4) is 0 Å². The van der Waals surface area contributed by atoms with E-state index in [1.165, 1.54) is 0 Å². The van der Waals surface area contributed by atoms with Crippen LogP contribution >= 0.6 is 0 Å². The SMILES string of the molecule is COc1ccc2c(c1)CC(C(=O)N1CCCC(C(=O)NCCN)C1)CO2. The number of methoxy groups -OCH3 is 1. The van der Waals surface area contributed by atoms with Crippen LogP contribution in [0.2, 0.25) is 0 Å². The van der Waals surface area contributed by atoms with Gasteiger partial charge in [0.15, 0.2) is 0 Å². The summed E-state index contributed by atoms with van der Waals surface area (Å²) in [4.78, 5) is 27.0. The summed E-state index contributed by atoms with van der Waals surface area (Å²) < 4.78 is 11.0. The maximum absolute atomic E-state index is 13.0. The molecular formula is C19H27N3O4. The molecule has 0 bridgehead atoms. The fourth-order valence-corrected chi connectivity index (χ4v) is 3.65. The standard InChI is InChI=1S/C19H27N3O4/c1-25-16-4-5-17-14(10-16)9-15(12-26-17)19(24)22-8-2-3-13(11-22)18(23)21-7-6-20/h4-5,10,13,15H,2-3,6-9,11-12,20H2,1H3,(H,21,23). The summed E-state index contributed by atoms with van der Waals surface area (Å²) >= 11 is 0. The number of carbonyl (C=O) groups excluding carboxylic acids is 2. The van der Waals surface area contributed by atoms with E-state index in [9.17, 15) is 9.59 Å². The molecule has 0 radical (unpaired) electrons. The minimum Gasteiger partial charge on any atom is -0.497 e. The largest absolute Gasteiger partial charge is 0.497 e. The Morgan fingerprint density at radius 1 is 1.38 bits per heavy atom. The molecule has 1 saturated heterocycles. The van der Waals surface area contributed by atoms with Gasteiger partial charge in [0.2, 0.25) is 11.8 Å². The van der Waals surface area contributed by atoms with Crippen molar-refractivity contribution in [3.63, 3.8) is 0 Å². The van der Waals surface area contributed by atoms with E-state index in [2.05, 4.69) is 5.32 Å². The van der Waals surface area contributed by atoms with Gasteiger partial charge >= 0.3 is 0 Å². The van der Waals surface area contributed by atoms with Crippen LogP contribution in [-0.4, -0.2) is 56.6 Å². The number of hydrogen-bond donors (Lipinski definition) is 2. The third-order valence-electron chi connectivity index (χ3n) is 5.07. The molecule has 7 nitrogen and oxygen atoms in total. The van der Waals surface area contributed by atoms with Crippen LogP contribution < -0.4 is 20.5 Å². The van der Waals surface area contributed by atoms with Gasteiger partial charge in [-0.25, -0.2) is 0 Å². The van der Waals surface area contributed by atoms with Crippen LogP contribution in [0.5, 0.6) is 11.5 Å². The zero-order valence-electron chi connectivity index (χ0n) is 15.2. The van der Waals surface area contributed by atoms with Gasteiger partial charge < -0.3 is 25.4 Å². The number of carbonyl (C=O) groups is 2. The Kier molecular flexibility index (Phi) is 5.98. The summed E-state index contributed by atoms with van der Waals surface area (Å²) in [6, 6.07) is 5.66. The summed E-state index contributed by atoms with van der Waals surface area (Å²) in [6.07, 6.45) is 2.28. The van der Waals surface area contributed by atoms with Crippen molar-refractivity contribution in [3.8, 4) is 11.5 Å². The highest BCUT2D eigenvalue weighted by atomic mass is 16.5. The fraction of sp³-hybridized carbons (Fsp3) is 0.579. The number of ether oxygens (including phenoxy) is 2. The van der Waals surface area contributed by atoms with E-state index in [0.29, 0.717) is 39.2 Å². The lowest BCUT2D eigenvalue weighted by Gasteiger charge is -2.35. The molecule has 0 spiro atoms. The van der Waals surface area contributed by atoms with Gasteiger partial charge in [0, 0.05) is 26.2 Å². The number of amides is 2. The molecule has 142 valence electrons. The zero-order chi connectivity index (χ0) is 18.5. The number of likely N-dealkylation sites (tertiary alicyclic amines) is 1. The van der Waals surface area contributed by atoms with Crippen LogP contribution in [0.1, 0.15) is 18.4 Å². The van der Waals surface area contributed by atoms with Crippen molar-refractivity contribution in [2.45, 2.75) is 19.3 Å². The normalized spacial score (nSPS) is 22.2. The second-order valence-corrected chi connectivity index (χ2v) is 6.89. The van der Waals surface area contributed by atoms with Gasteiger partial charge in [-0.15, -0.1) is 0 Å². The van der Waals surface area contributed by atoms with Gasteiger partial charge in [-0.1, -0.05) is 0 Å². The number of rotatable bonds is 5. The van der Waals surface area contributed by atoms with Crippen LogP contribution in [0.4, 0.5) is 0 Å². The molecule has 0 aromatic heterocycles. The Morgan fingerprint density at radius 3 is 3.00 bits per heavy atom. The van der Waals surface area contributed by atoms with Crippen LogP contribution in [0, 0.1) is 11.8 Å². The first-order valence-corrected chi connectivity index (χ1v) is 9.18. The van der Waals surface area contributed by atoms with E-state index in [1.807, 2.05) is 23.1 Å². The Morgan fingerprint density at radius 2 is 2.23 bits per heavy atom. The Labute approximate surface area is 153 Å². The average Bonchev–Trinajstić information content (AvgIpc) is 2.70. The number of benzene rings is 1. The monoisotopic (exact) mass is 361 g/mol. The molecule has 2 heterocycles. The molecule has 3 N–H and O–H groups in total. The predicted octanol–water partition coefficient (Wildman–Crippen LogP) is 0.560. The highest BCUT2D eigenvalue weighted by molar-refractivity contribution is 5.83. The van der Waals surface area contributed by atoms with E-state index in [0.717, 1.165) is 29.9 Å². The Bertz CT molecular complexity index is 664. The van der Waals surface area contributed by atoms with Crippen molar-refractivity contribution in [1.29, 1.82) is 0 Å². The lowest BCUT2D eigenvalue weighted by atomic mass is 9.92. The van der Waals surface area contributed by atoms with Gasteiger partial charge in [0.05, 0.1) is 18.9 Å². The molecule has 2 atom stereocenters. The molecule has 2 aliphatic rings. The number of nitrogens with two attached hydrogens (primary N) is 1. The summed E-state index contributed by atoms with van der Waals surface area (Å²) in [5, 5.41) is 2.83. The van der Waals surface area contributed by atoms with Gasteiger partial charge in [-0.05, 0) is 43.0 Å². The Balaban J connectivity index is 1.62. The minimum atomic E-state index is -0.222. The van der Waals surface area contributed by atoms with Crippen molar-refractivity contribution in [3.05, 3.63) is 23.8 Å². The molecule has 0 aliphatic carbocycles. The highest BCUT2D eigenvalue weighted by Gasteiger charge is 2.34. The van der Waals surface area contributed by atoms with Crippen LogP contribution in [-0.2, 0) is 16.0 Å². The maximum Gasteiger partial charge on any atom is 0.229 e. The summed E-state index contributed by atoms with van der Waals surface area (Å²) in [5.41, 5.74) is 6.43. The lowest BCUT2D eigenvalue weighted by Crippen LogP contribution is -2.49. The van der Waals surface area contributed by atoms with Gasteiger partial charge in [0.25, 0.3) is 0 Å². The average molecular weight is 361 g/mol. The van der Waals surface area contributed by atoms with E-state index in [4.69, 9.17) is 15.2 Å². The first kappa shape index (κ1) is 18.5. The third kappa shape index (κ3) is 4.09. The first-order valence-electron chi connectivity index (χ1n) is 9.18. The third-order valence-corrected chi connectivity index (χ3v) is 5.07. The smallest absolute Gasteiger partial charge is 0.229 e. The molecule has 1 aromatic rings.